The Kier molecular flexibility index (Phi) is 5.96. The highest BCUT2D eigenvalue weighted by Crippen LogP contribution is 2.20. The Hall–Kier alpha value is -2.81. The molecule has 1 amide bonds. The summed E-state index contributed by atoms with van der Waals surface area (Å²) >= 11 is 0. The third-order valence-corrected chi connectivity index (χ3v) is 2.45. The van der Waals surface area contributed by atoms with Gasteiger partial charge in [0, 0.05) is 11.8 Å². The third kappa shape index (κ3) is 5.37. The van der Waals surface area contributed by atoms with E-state index >= 15 is 0 Å². The summed E-state index contributed by atoms with van der Waals surface area (Å²) < 4.78 is 5.50. The number of ether oxygens (including phenoxy) is 1. The lowest BCUT2D eigenvalue weighted by Crippen LogP contribution is -2.36. The van der Waals surface area contributed by atoms with Crippen molar-refractivity contribution in [3.8, 4) is 18.1 Å². The minimum atomic E-state index is -1.09. The monoisotopic (exact) mass is 288 g/mol. The topological polar surface area (TPSA) is 88.5 Å². The molecule has 1 heterocycles. The number of nitrogens with zero attached hydrogens (tertiary/aromatic N) is 1. The molecule has 0 aliphatic rings. The Bertz CT molecular complexity index is 602. The molecular formula is C15H16N2O4. The van der Waals surface area contributed by atoms with Crippen LogP contribution in [0.5, 0.6) is 5.75 Å². The van der Waals surface area contributed by atoms with Gasteiger partial charge < -0.3 is 15.2 Å². The van der Waals surface area contributed by atoms with Crippen LogP contribution in [0.4, 0.5) is 0 Å². The number of carboxylic acids is 1. The van der Waals surface area contributed by atoms with Crippen LogP contribution < -0.4 is 10.1 Å². The molecule has 6 heteroatoms. The molecule has 1 unspecified atom stereocenters. The smallest absolute Gasteiger partial charge is 0.328 e. The minimum absolute atomic E-state index is 0.116. The fourth-order valence-electron chi connectivity index (χ4n) is 1.46. The number of pyridine rings is 1. The van der Waals surface area contributed by atoms with Crippen LogP contribution >= 0.6 is 0 Å². The molecule has 2 N–H and O–H groups in total. The van der Waals surface area contributed by atoms with Crippen molar-refractivity contribution in [1.29, 1.82) is 0 Å². The highest BCUT2D eigenvalue weighted by atomic mass is 16.5. The van der Waals surface area contributed by atoms with Crippen LogP contribution in [0.2, 0.25) is 0 Å². The standard InChI is InChI=1S/C15H16N2O4/c1-4-9-16-15(20)11(3)21-13-7-5-10(2)17-12(13)6-8-14(18)19/h1,5-8,11H,9H2,2-3H3,(H,16,20)(H,18,19). The average molecular weight is 288 g/mol. The van der Waals surface area contributed by atoms with E-state index in [9.17, 15) is 9.59 Å². The van der Waals surface area contributed by atoms with Gasteiger partial charge in [0.1, 0.15) is 11.4 Å². The average Bonchev–Trinajstić information content (AvgIpc) is 2.44. The molecule has 21 heavy (non-hydrogen) atoms. The zero-order chi connectivity index (χ0) is 15.8. The summed E-state index contributed by atoms with van der Waals surface area (Å²) in [7, 11) is 0. The first-order valence-corrected chi connectivity index (χ1v) is 6.20. The molecule has 1 aromatic heterocycles. The van der Waals surface area contributed by atoms with Crippen LogP contribution in [0.1, 0.15) is 18.3 Å². The van der Waals surface area contributed by atoms with Gasteiger partial charge in [0.2, 0.25) is 0 Å². The maximum absolute atomic E-state index is 11.7. The fraction of sp³-hybridized carbons (Fsp3) is 0.267. The highest BCUT2D eigenvalue weighted by Gasteiger charge is 2.15. The Labute approximate surface area is 122 Å². The van der Waals surface area contributed by atoms with Gasteiger partial charge in [-0.05, 0) is 32.1 Å². The van der Waals surface area contributed by atoms with E-state index in [2.05, 4.69) is 16.2 Å². The molecule has 0 aliphatic carbocycles. The Morgan fingerprint density at radius 1 is 1.57 bits per heavy atom. The van der Waals surface area contributed by atoms with Gasteiger partial charge in [0.05, 0.1) is 6.54 Å². The number of terminal acetylenes is 1. The molecule has 0 saturated heterocycles. The summed E-state index contributed by atoms with van der Waals surface area (Å²) in [5, 5.41) is 11.2. The molecule has 1 rings (SSSR count). The first-order chi connectivity index (χ1) is 9.93. The molecule has 0 fully saturated rings. The van der Waals surface area contributed by atoms with Crippen LogP contribution in [-0.2, 0) is 9.59 Å². The number of carbonyl (C=O) groups is 2. The van der Waals surface area contributed by atoms with Gasteiger partial charge in [0.25, 0.3) is 5.91 Å². The van der Waals surface area contributed by atoms with Crippen LogP contribution in [0.15, 0.2) is 18.2 Å². The molecule has 0 radical (unpaired) electrons. The number of carbonyl (C=O) groups excluding carboxylic acids is 1. The fourth-order valence-corrected chi connectivity index (χ4v) is 1.46. The lowest BCUT2D eigenvalue weighted by atomic mass is 10.2. The molecule has 0 aliphatic heterocycles. The molecular weight excluding hydrogens is 272 g/mol. The van der Waals surface area contributed by atoms with Gasteiger partial charge in [-0.1, -0.05) is 5.92 Å². The van der Waals surface area contributed by atoms with Gasteiger partial charge in [-0.3, -0.25) is 4.79 Å². The number of carboxylic acid groups (broad SMARTS) is 1. The van der Waals surface area contributed by atoms with Gasteiger partial charge in [-0.2, -0.15) is 0 Å². The van der Waals surface area contributed by atoms with E-state index in [1.807, 2.05) is 0 Å². The van der Waals surface area contributed by atoms with Gasteiger partial charge in [-0.25, -0.2) is 9.78 Å². The van der Waals surface area contributed by atoms with E-state index < -0.39 is 12.1 Å². The Morgan fingerprint density at radius 3 is 2.90 bits per heavy atom. The normalized spacial score (nSPS) is 11.7. The van der Waals surface area contributed by atoms with Crippen molar-refractivity contribution >= 4 is 18.0 Å². The zero-order valence-electron chi connectivity index (χ0n) is 11.8. The number of aromatic nitrogens is 1. The molecule has 1 aromatic rings. The van der Waals surface area contributed by atoms with Crippen molar-refractivity contribution < 1.29 is 19.4 Å². The van der Waals surface area contributed by atoms with Crippen LogP contribution in [0, 0.1) is 19.3 Å². The second kappa shape index (κ2) is 7.70. The van der Waals surface area contributed by atoms with Crippen molar-refractivity contribution in [3.05, 3.63) is 29.6 Å². The summed E-state index contributed by atoms with van der Waals surface area (Å²) in [5.74, 6) is 1.16. The number of aryl methyl sites for hydroxylation is 1. The summed E-state index contributed by atoms with van der Waals surface area (Å²) in [4.78, 5) is 26.4. The first kappa shape index (κ1) is 16.2. The predicted octanol–water partition coefficient (Wildman–Crippen LogP) is 1.00. The summed E-state index contributed by atoms with van der Waals surface area (Å²) in [6.45, 7) is 3.45. The SMILES string of the molecule is C#CCNC(=O)C(C)Oc1ccc(C)nc1C=CC(=O)O. The lowest BCUT2D eigenvalue weighted by Gasteiger charge is -2.15. The van der Waals surface area contributed by atoms with Gasteiger partial charge in [-0.15, -0.1) is 6.42 Å². The summed E-state index contributed by atoms with van der Waals surface area (Å²) in [5.41, 5.74) is 1.05. The van der Waals surface area contributed by atoms with E-state index in [1.54, 1.807) is 26.0 Å². The molecule has 1 atom stereocenters. The van der Waals surface area contributed by atoms with Crippen molar-refractivity contribution in [2.24, 2.45) is 0 Å². The van der Waals surface area contributed by atoms with E-state index in [4.69, 9.17) is 16.3 Å². The van der Waals surface area contributed by atoms with Crippen LogP contribution in [-0.4, -0.2) is 34.6 Å². The summed E-state index contributed by atoms with van der Waals surface area (Å²) in [6.07, 6.45) is 6.55. The number of hydrogen-bond acceptors (Lipinski definition) is 4. The lowest BCUT2D eigenvalue weighted by molar-refractivity contribution is -0.131. The maximum Gasteiger partial charge on any atom is 0.328 e. The molecule has 0 saturated carbocycles. The number of amides is 1. The molecule has 0 bridgehead atoms. The number of nitrogens with one attached hydrogen (secondary N) is 1. The van der Waals surface area contributed by atoms with Crippen molar-refractivity contribution in [3.63, 3.8) is 0 Å². The highest BCUT2D eigenvalue weighted by molar-refractivity contribution is 5.85. The predicted molar refractivity (Wildman–Crippen MR) is 77.6 cm³/mol. The van der Waals surface area contributed by atoms with Gasteiger partial charge in [0.15, 0.2) is 6.10 Å². The van der Waals surface area contributed by atoms with E-state index in [0.29, 0.717) is 17.1 Å². The zero-order valence-corrected chi connectivity index (χ0v) is 11.8. The summed E-state index contributed by atoms with van der Waals surface area (Å²) in [6, 6.07) is 3.34. The quantitative estimate of drug-likeness (QED) is 0.602. The number of hydrogen-bond donors (Lipinski definition) is 2. The first-order valence-electron chi connectivity index (χ1n) is 6.20. The number of aliphatic carboxylic acids is 1. The second-order valence-corrected chi connectivity index (χ2v) is 4.19. The maximum atomic E-state index is 11.7. The molecule has 110 valence electrons. The van der Waals surface area contributed by atoms with E-state index in [1.165, 1.54) is 6.08 Å². The van der Waals surface area contributed by atoms with Crippen molar-refractivity contribution in [1.82, 2.24) is 10.3 Å². The van der Waals surface area contributed by atoms with Crippen molar-refractivity contribution in [2.75, 3.05) is 6.54 Å². The third-order valence-electron chi connectivity index (χ3n) is 2.45. The minimum Gasteiger partial charge on any atom is -0.479 e. The Morgan fingerprint density at radius 2 is 2.29 bits per heavy atom. The second-order valence-electron chi connectivity index (χ2n) is 4.19. The van der Waals surface area contributed by atoms with Crippen LogP contribution in [0.3, 0.4) is 0 Å². The van der Waals surface area contributed by atoms with Crippen molar-refractivity contribution in [2.45, 2.75) is 20.0 Å². The van der Waals surface area contributed by atoms with Crippen LogP contribution in [0.25, 0.3) is 6.08 Å². The van der Waals surface area contributed by atoms with Gasteiger partial charge >= 0.3 is 5.97 Å². The molecule has 0 spiro atoms. The molecule has 6 nitrogen and oxygen atoms in total. The number of rotatable bonds is 6. The molecule has 0 aromatic carbocycles. The Balaban J connectivity index is 2.90. The van der Waals surface area contributed by atoms with E-state index in [-0.39, 0.29) is 12.5 Å². The van der Waals surface area contributed by atoms with E-state index in [0.717, 1.165) is 6.08 Å². The largest absolute Gasteiger partial charge is 0.479 e.